The molecule has 0 N–H and O–H groups in total. The van der Waals surface area contributed by atoms with Crippen molar-refractivity contribution in [2.75, 3.05) is 31.1 Å². The number of carbonyl (C=O) groups excluding carboxylic acids is 2. The molecular weight excluding hydrogens is 433 g/mol. The first kappa shape index (κ1) is 23.4. The Hall–Kier alpha value is -3.74. The first-order valence-electron chi connectivity index (χ1n) is 11.3. The van der Waals surface area contributed by atoms with E-state index in [0.717, 1.165) is 11.3 Å². The van der Waals surface area contributed by atoms with Gasteiger partial charge >= 0.3 is 0 Å². The highest BCUT2D eigenvalue weighted by molar-refractivity contribution is 6.11. The second kappa shape index (κ2) is 9.63. The summed E-state index contributed by atoms with van der Waals surface area (Å²) in [7, 11) is 0. The van der Waals surface area contributed by atoms with Gasteiger partial charge in [0.1, 0.15) is 5.82 Å². The Kier molecular flexibility index (Phi) is 6.63. The van der Waals surface area contributed by atoms with E-state index >= 15 is 0 Å². The van der Waals surface area contributed by atoms with Crippen molar-refractivity contribution in [3.8, 4) is 0 Å². The molecule has 1 saturated heterocycles. The van der Waals surface area contributed by atoms with Gasteiger partial charge in [-0.25, -0.2) is 4.39 Å². The molecule has 1 atom stereocenters. The second-order valence-corrected chi connectivity index (χ2v) is 8.76. The second-order valence-electron chi connectivity index (χ2n) is 8.76. The van der Waals surface area contributed by atoms with E-state index < -0.39 is 29.1 Å². The van der Waals surface area contributed by atoms with Crippen molar-refractivity contribution in [2.24, 2.45) is 0 Å². The van der Waals surface area contributed by atoms with Crippen LogP contribution < -0.4 is 10.5 Å². The lowest BCUT2D eigenvalue weighted by molar-refractivity contribution is -0.133. The molecule has 0 spiro atoms. The Balaban J connectivity index is 1.62. The number of Topliss-reactive ketones (excluding diaryl/α,β-unsaturated/α-hetero) is 1. The van der Waals surface area contributed by atoms with Crippen molar-refractivity contribution < 1.29 is 14.0 Å². The number of aromatic nitrogens is 1. The van der Waals surface area contributed by atoms with Gasteiger partial charge in [-0.05, 0) is 67.8 Å². The molecule has 0 aliphatic carbocycles. The molecule has 176 valence electrons. The highest BCUT2D eigenvalue weighted by atomic mass is 19.1. The molecule has 1 aliphatic rings. The Morgan fingerprint density at radius 1 is 0.882 bits per heavy atom. The van der Waals surface area contributed by atoms with Crippen LogP contribution in [0.1, 0.15) is 33.1 Å². The average Bonchev–Trinajstić information content (AvgIpc) is 2.83. The molecule has 4 rings (SSSR count). The number of rotatable bonds is 5. The fourth-order valence-electron chi connectivity index (χ4n) is 4.36. The smallest absolute Gasteiger partial charge is 0.253 e. The first-order chi connectivity index (χ1) is 16.3. The number of carbonyl (C=O) groups is 2. The third-order valence-electron chi connectivity index (χ3n) is 6.48. The number of pyridine rings is 1. The third-order valence-corrected chi connectivity index (χ3v) is 6.48. The number of piperazine rings is 1. The fraction of sp³-hybridized carbons (Fsp3) is 0.296. The third kappa shape index (κ3) is 4.64. The topological polar surface area (TPSA) is 62.6 Å². The van der Waals surface area contributed by atoms with E-state index in [-0.39, 0.29) is 5.56 Å². The van der Waals surface area contributed by atoms with Gasteiger partial charge in [0.2, 0.25) is 0 Å². The maximum absolute atomic E-state index is 13.7. The van der Waals surface area contributed by atoms with Gasteiger partial charge in [-0.15, -0.1) is 0 Å². The summed E-state index contributed by atoms with van der Waals surface area (Å²) in [4.78, 5) is 43.6. The minimum atomic E-state index is -1.34. The summed E-state index contributed by atoms with van der Waals surface area (Å²) in [6.45, 7) is 8.06. The zero-order valence-corrected chi connectivity index (χ0v) is 19.6. The first-order valence-corrected chi connectivity index (χ1v) is 11.3. The van der Waals surface area contributed by atoms with Crippen LogP contribution in [-0.4, -0.2) is 47.3 Å². The molecule has 34 heavy (non-hydrogen) atoms. The predicted molar refractivity (Wildman–Crippen MR) is 130 cm³/mol. The summed E-state index contributed by atoms with van der Waals surface area (Å²) in [5.41, 5.74) is 4.05. The Morgan fingerprint density at radius 2 is 1.56 bits per heavy atom. The van der Waals surface area contributed by atoms with Crippen LogP contribution in [-0.2, 0) is 4.79 Å². The average molecular weight is 462 g/mol. The van der Waals surface area contributed by atoms with Gasteiger partial charge in [-0.3, -0.25) is 19.0 Å². The quantitative estimate of drug-likeness (QED) is 0.430. The number of nitrogens with zero attached hydrogens (tertiary/aromatic N) is 3. The molecule has 1 aliphatic heterocycles. The summed E-state index contributed by atoms with van der Waals surface area (Å²) in [5, 5.41) is 0. The number of amides is 1. The van der Waals surface area contributed by atoms with Crippen molar-refractivity contribution in [3.05, 3.63) is 99.2 Å². The zero-order valence-electron chi connectivity index (χ0n) is 19.6. The van der Waals surface area contributed by atoms with E-state index in [0.29, 0.717) is 26.2 Å². The van der Waals surface area contributed by atoms with Gasteiger partial charge in [-0.1, -0.05) is 18.2 Å². The molecule has 3 aromatic rings. The van der Waals surface area contributed by atoms with E-state index in [2.05, 4.69) is 30.9 Å². The summed E-state index contributed by atoms with van der Waals surface area (Å²) in [6.07, 6.45) is 1.53. The summed E-state index contributed by atoms with van der Waals surface area (Å²) in [6, 6.07) is 12.9. The number of anilines is 1. The largest absolute Gasteiger partial charge is 0.368 e. The van der Waals surface area contributed by atoms with Crippen molar-refractivity contribution in [1.82, 2.24) is 9.47 Å². The van der Waals surface area contributed by atoms with Crippen LogP contribution in [0.5, 0.6) is 0 Å². The lowest BCUT2D eigenvalue weighted by Crippen LogP contribution is -2.52. The highest BCUT2D eigenvalue weighted by Crippen LogP contribution is 2.25. The Bertz CT molecular complexity index is 1280. The van der Waals surface area contributed by atoms with Gasteiger partial charge in [0.15, 0.2) is 11.8 Å². The molecule has 0 radical (unpaired) electrons. The molecule has 1 amide bonds. The number of benzene rings is 2. The van der Waals surface area contributed by atoms with Crippen LogP contribution in [0.25, 0.3) is 0 Å². The molecule has 1 aromatic heterocycles. The van der Waals surface area contributed by atoms with Crippen molar-refractivity contribution in [3.63, 3.8) is 0 Å². The van der Waals surface area contributed by atoms with Gasteiger partial charge < -0.3 is 9.80 Å². The molecule has 2 aromatic carbocycles. The molecule has 0 saturated carbocycles. The number of hydrogen-bond acceptors (Lipinski definition) is 4. The molecule has 0 unspecified atom stereocenters. The Labute approximate surface area is 198 Å². The molecule has 6 nitrogen and oxygen atoms in total. The van der Waals surface area contributed by atoms with E-state index in [9.17, 15) is 18.8 Å². The van der Waals surface area contributed by atoms with E-state index in [1.165, 1.54) is 52.2 Å². The van der Waals surface area contributed by atoms with Crippen molar-refractivity contribution in [1.29, 1.82) is 0 Å². The normalized spacial score (nSPS) is 14.7. The van der Waals surface area contributed by atoms with Crippen molar-refractivity contribution >= 4 is 17.4 Å². The van der Waals surface area contributed by atoms with Crippen LogP contribution in [0.4, 0.5) is 10.1 Å². The minimum Gasteiger partial charge on any atom is -0.368 e. The summed E-state index contributed by atoms with van der Waals surface area (Å²) >= 11 is 0. The molecule has 1 fully saturated rings. The number of ketones is 1. The van der Waals surface area contributed by atoms with Gasteiger partial charge in [0.05, 0.1) is 0 Å². The molecule has 2 heterocycles. The van der Waals surface area contributed by atoms with Crippen LogP contribution in [0.15, 0.2) is 65.6 Å². The lowest BCUT2D eigenvalue weighted by atomic mass is 10.0. The zero-order chi connectivity index (χ0) is 24.4. The van der Waals surface area contributed by atoms with E-state index in [1.807, 2.05) is 6.07 Å². The SMILES string of the molecule is Cc1ccc(=O)n([C@@H](C(=O)c2ccc(F)cc2)C(=O)N2CCN(c3cccc(C)c3C)CC2)c1. The summed E-state index contributed by atoms with van der Waals surface area (Å²) < 4.78 is 14.6. The van der Waals surface area contributed by atoms with E-state index in [1.54, 1.807) is 17.9 Å². The fourth-order valence-corrected chi connectivity index (χ4v) is 4.36. The Morgan fingerprint density at radius 3 is 2.24 bits per heavy atom. The lowest BCUT2D eigenvalue weighted by Gasteiger charge is -2.38. The van der Waals surface area contributed by atoms with Gasteiger partial charge in [0.25, 0.3) is 11.5 Å². The molecule has 0 bridgehead atoms. The number of halogens is 1. The van der Waals surface area contributed by atoms with Crippen LogP contribution >= 0.6 is 0 Å². The van der Waals surface area contributed by atoms with Gasteiger partial charge in [0, 0.05) is 49.7 Å². The number of hydrogen-bond donors (Lipinski definition) is 0. The predicted octanol–water partition coefficient (Wildman–Crippen LogP) is 3.69. The molecule has 7 heteroatoms. The number of aryl methyl sites for hydroxylation is 2. The maximum Gasteiger partial charge on any atom is 0.253 e. The minimum absolute atomic E-state index is 0.183. The monoisotopic (exact) mass is 461 g/mol. The maximum atomic E-state index is 13.7. The van der Waals surface area contributed by atoms with Crippen LogP contribution in [0, 0.1) is 26.6 Å². The van der Waals surface area contributed by atoms with Crippen molar-refractivity contribution in [2.45, 2.75) is 26.8 Å². The standard InChI is InChI=1S/C27H28FN3O3/c1-18-7-12-24(32)31(17-18)25(26(33)21-8-10-22(28)11-9-21)27(34)30-15-13-29(14-16-30)23-6-4-5-19(2)20(23)3/h4-12,17,25H,13-16H2,1-3H3/t25-/m0/s1. The molecular formula is C27H28FN3O3. The highest BCUT2D eigenvalue weighted by Gasteiger charge is 2.35. The van der Waals surface area contributed by atoms with Gasteiger partial charge in [-0.2, -0.15) is 0 Å². The summed E-state index contributed by atoms with van der Waals surface area (Å²) in [5.74, 6) is -1.44. The van der Waals surface area contributed by atoms with E-state index in [4.69, 9.17) is 0 Å². The van der Waals surface area contributed by atoms with Crippen LogP contribution in [0.3, 0.4) is 0 Å². The van der Waals surface area contributed by atoms with Crippen LogP contribution in [0.2, 0.25) is 0 Å².